The molecule has 0 unspecified atom stereocenters. The second-order valence-corrected chi connectivity index (χ2v) is 4.51. The maximum atomic E-state index is 5.99. The van der Waals surface area contributed by atoms with E-state index in [1.165, 1.54) is 0 Å². The number of nitrogens with zero attached hydrogens (tertiary/aromatic N) is 2. The van der Waals surface area contributed by atoms with Gasteiger partial charge in [-0.1, -0.05) is 11.6 Å². The Kier molecular flexibility index (Phi) is 4.29. The van der Waals surface area contributed by atoms with E-state index in [2.05, 4.69) is 5.10 Å². The van der Waals surface area contributed by atoms with Gasteiger partial charge in [0.15, 0.2) is 11.5 Å². The first-order valence-electron chi connectivity index (χ1n) is 5.82. The van der Waals surface area contributed by atoms with Gasteiger partial charge in [0.05, 0.1) is 12.8 Å². The Labute approximate surface area is 116 Å². The van der Waals surface area contributed by atoms with Gasteiger partial charge in [-0.3, -0.25) is 4.68 Å². The number of aryl methyl sites for hydroxylation is 1. The molecule has 0 saturated carbocycles. The Morgan fingerprint density at radius 1 is 1.42 bits per heavy atom. The van der Waals surface area contributed by atoms with E-state index in [1.807, 2.05) is 19.3 Å². The first kappa shape index (κ1) is 13.7. The van der Waals surface area contributed by atoms with Crippen LogP contribution in [0, 0.1) is 0 Å². The highest BCUT2D eigenvalue weighted by molar-refractivity contribution is 6.30. The average molecular weight is 282 g/mol. The molecule has 0 aliphatic heterocycles. The first-order chi connectivity index (χ1) is 9.13. The predicted octanol–water partition coefficient (Wildman–Crippen LogP) is 2.12. The van der Waals surface area contributed by atoms with Gasteiger partial charge in [-0.15, -0.1) is 0 Å². The summed E-state index contributed by atoms with van der Waals surface area (Å²) < 4.78 is 12.8. The van der Waals surface area contributed by atoms with Gasteiger partial charge in [0.25, 0.3) is 0 Å². The number of nitrogens with two attached hydrogens (primary N) is 1. The summed E-state index contributed by atoms with van der Waals surface area (Å²) in [5, 5.41) is 4.82. The van der Waals surface area contributed by atoms with Gasteiger partial charge in [-0.25, -0.2) is 0 Å². The third-order valence-corrected chi connectivity index (χ3v) is 2.89. The molecule has 2 aromatic rings. The van der Waals surface area contributed by atoms with Crippen LogP contribution in [0.25, 0.3) is 0 Å². The molecular formula is C13H16ClN3O2. The van der Waals surface area contributed by atoms with Crippen molar-refractivity contribution in [1.29, 1.82) is 0 Å². The van der Waals surface area contributed by atoms with Crippen molar-refractivity contribution < 1.29 is 9.47 Å². The largest absolute Gasteiger partial charge is 0.493 e. The minimum atomic E-state index is 0.328. The van der Waals surface area contributed by atoms with Crippen molar-refractivity contribution >= 4 is 11.6 Å². The number of methoxy groups -OCH3 is 1. The molecule has 102 valence electrons. The first-order valence-corrected chi connectivity index (χ1v) is 6.19. The van der Waals surface area contributed by atoms with Gasteiger partial charge in [-0.2, -0.15) is 5.10 Å². The molecule has 1 aromatic carbocycles. The molecule has 1 aromatic heterocycles. The Hall–Kier alpha value is -1.72. The van der Waals surface area contributed by atoms with Crippen LogP contribution >= 0.6 is 11.6 Å². The van der Waals surface area contributed by atoms with Crippen LogP contribution < -0.4 is 15.2 Å². The highest BCUT2D eigenvalue weighted by Crippen LogP contribution is 2.34. The summed E-state index contributed by atoms with van der Waals surface area (Å²) in [7, 11) is 3.43. The molecule has 0 aliphatic rings. The minimum absolute atomic E-state index is 0.328. The molecule has 2 N–H and O–H groups in total. The number of rotatable bonds is 5. The monoisotopic (exact) mass is 281 g/mol. The summed E-state index contributed by atoms with van der Waals surface area (Å²) in [5.74, 6) is 1.18. The summed E-state index contributed by atoms with van der Waals surface area (Å²) in [6, 6.07) is 5.37. The van der Waals surface area contributed by atoms with E-state index in [-0.39, 0.29) is 0 Å². The third kappa shape index (κ3) is 3.19. The van der Waals surface area contributed by atoms with Crippen LogP contribution in [0.4, 0.5) is 0 Å². The molecule has 19 heavy (non-hydrogen) atoms. The quantitative estimate of drug-likeness (QED) is 0.912. The number of aromatic nitrogens is 2. The van der Waals surface area contributed by atoms with Crippen molar-refractivity contribution in [2.45, 2.75) is 13.2 Å². The topological polar surface area (TPSA) is 62.3 Å². The summed E-state index contributed by atoms with van der Waals surface area (Å²) in [6.07, 6.45) is 1.86. The third-order valence-electron chi connectivity index (χ3n) is 2.67. The zero-order chi connectivity index (χ0) is 13.8. The molecule has 2 rings (SSSR count). The summed E-state index contributed by atoms with van der Waals surface area (Å²) >= 11 is 5.99. The van der Waals surface area contributed by atoms with Crippen molar-refractivity contribution in [3.63, 3.8) is 0 Å². The second-order valence-electron chi connectivity index (χ2n) is 4.07. The molecular weight excluding hydrogens is 266 g/mol. The highest BCUT2D eigenvalue weighted by Gasteiger charge is 2.12. The van der Waals surface area contributed by atoms with E-state index in [1.54, 1.807) is 23.9 Å². The van der Waals surface area contributed by atoms with Crippen molar-refractivity contribution in [2.75, 3.05) is 7.11 Å². The summed E-state index contributed by atoms with van der Waals surface area (Å²) in [5.41, 5.74) is 7.34. The maximum Gasteiger partial charge on any atom is 0.166 e. The Bertz CT molecular complexity index is 544. The van der Waals surface area contributed by atoms with Crippen LogP contribution in [-0.2, 0) is 20.2 Å². The molecule has 0 bridgehead atoms. The van der Waals surface area contributed by atoms with Gasteiger partial charge >= 0.3 is 0 Å². The SMILES string of the molecule is COc1cc(Cl)cc(CN)c1OCc1ccn(C)n1. The molecule has 0 amide bonds. The zero-order valence-electron chi connectivity index (χ0n) is 10.9. The van der Waals surface area contributed by atoms with E-state index in [0.29, 0.717) is 29.7 Å². The van der Waals surface area contributed by atoms with Crippen molar-refractivity contribution in [3.05, 3.63) is 40.7 Å². The molecule has 0 saturated heterocycles. The van der Waals surface area contributed by atoms with Crippen molar-refractivity contribution in [1.82, 2.24) is 9.78 Å². The molecule has 0 fully saturated rings. The molecule has 1 heterocycles. The fourth-order valence-electron chi connectivity index (χ4n) is 1.78. The molecule has 0 aliphatic carbocycles. The zero-order valence-corrected chi connectivity index (χ0v) is 11.6. The van der Waals surface area contributed by atoms with Crippen LogP contribution in [0.15, 0.2) is 24.4 Å². The smallest absolute Gasteiger partial charge is 0.166 e. The van der Waals surface area contributed by atoms with E-state index in [0.717, 1.165) is 11.3 Å². The van der Waals surface area contributed by atoms with Gasteiger partial charge in [0.2, 0.25) is 0 Å². The predicted molar refractivity (Wildman–Crippen MR) is 73.4 cm³/mol. The Balaban J connectivity index is 2.23. The van der Waals surface area contributed by atoms with Crippen LogP contribution in [0.3, 0.4) is 0 Å². The van der Waals surface area contributed by atoms with Crippen molar-refractivity contribution in [2.24, 2.45) is 12.8 Å². The lowest BCUT2D eigenvalue weighted by molar-refractivity contribution is 0.277. The van der Waals surface area contributed by atoms with E-state index >= 15 is 0 Å². The number of hydrogen-bond donors (Lipinski definition) is 1. The molecule has 0 radical (unpaired) electrons. The molecule has 6 heteroatoms. The van der Waals surface area contributed by atoms with Crippen LogP contribution in [0.5, 0.6) is 11.5 Å². The molecule has 0 spiro atoms. The number of benzene rings is 1. The van der Waals surface area contributed by atoms with E-state index < -0.39 is 0 Å². The van der Waals surface area contributed by atoms with Crippen molar-refractivity contribution in [3.8, 4) is 11.5 Å². The molecule has 5 nitrogen and oxygen atoms in total. The van der Waals surface area contributed by atoms with Gasteiger partial charge in [-0.05, 0) is 12.1 Å². The van der Waals surface area contributed by atoms with Gasteiger partial charge in [0, 0.05) is 36.4 Å². The van der Waals surface area contributed by atoms with Crippen LogP contribution in [0.2, 0.25) is 5.02 Å². The van der Waals surface area contributed by atoms with E-state index in [4.69, 9.17) is 26.8 Å². The van der Waals surface area contributed by atoms with E-state index in [9.17, 15) is 0 Å². The fourth-order valence-corrected chi connectivity index (χ4v) is 2.01. The number of halogens is 1. The normalized spacial score (nSPS) is 10.5. The Morgan fingerprint density at radius 2 is 2.21 bits per heavy atom. The van der Waals surface area contributed by atoms with Gasteiger partial charge in [0.1, 0.15) is 6.61 Å². The maximum absolute atomic E-state index is 5.99. The summed E-state index contributed by atoms with van der Waals surface area (Å²) in [6.45, 7) is 0.681. The second kappa shape index (κ2) is 5.95. The lowest BCUT2D eigenvalue weighted by atomic mass is 10.2. The Morgan fingerprint density at radius 3 is 2.79 bits per heavy atom. The lowest BCUT2D eigenvalue weighted by Gasteiger charge is -2.14. The average Bonchev–Trinajstić information content (AvgIpc) is 2.81. The standard InChI is InChI=1S/C13H16ClN3O2/c1-17-4-3-11(16-17)8-19-13-9(7-15)5-10(14)6-12(13)18-2/h3-6H,7-8,15H2,1-2H3. The van der Waals surface area contributed by atoms with Crippen LogP contribution in [-0.4, -0.2) is 16.9 Å². The van der Waals surface area contributed by atoms with Crippen LogP contribution in [0.1, 0.15) is 11.3 Å². The number of hydrogen-bond acceptors (Lipinski definition) is 4. The number of ether oxygens (including phenoxy) is 2. The lowest BCUT2D eigenvalue weighted by Crippen LogP contribution is -2.05. The van der Waals surface area contributed by atoms with Gasteiger partial charge < -0.3 is 15.2 Å². The highest BCUT2D eigenvalue weighted by atomic mass is 35.5. The molecule has 0 atom stereocenters. The minimum Gasteiger partial charge on any atom is -0.493 e. The fraction of sp³-hybridized carbons (Fsp3) is 0.308. The summed E-state index contributed by atoms with van der Waals surface area (Å²) in [4.78, 5) is 0.